The number of hydrogen-bond acceptors (Lipinski definition) is 5. The second-order valence-corrected chi connectivity index (χ2v) is 6.74. The number of fused-ring (bicyclic) bond motifs is 1. The van der Waals surface area contributed by atoms with Gasteiger partial charge in [-0.25, -0.2) is 0 Å². The molecule has 4 rings (SSSR count). The number of amides is 1. The van der Waals surface area contributed by atoms with E-state index in [1.54, 1.807) is 36.5 Å². The van der Waals surface area contributed by atoms with E-state index in [2.05, 4.69) is 15.6 Å². The molecule has 0 unspecified atom stereocenters. The van der Waals surface area contributed by atoms with Crippen LogP contribution in [0.25, 0.3) is 0 Å². The van der Waals surface area contributed by atoms with Gasteiger partial charge in [0.2, 0.25) is 0 Å². The number of rotatable bonds is 4. The number of hydrogen-bond donors (Lipinski definition) is 2. The zero-order chi connectivity index (χ0) is 19.5. The molecule has 0 aliphatic carbocycles. The molecule has 6 nitrogen and oxygen atoms in total. The van der Waals surface area contributed by atoms with Gasteiger partial charge in [-0.2, -0.15) is 0 Å². The Labute approximate surface area is 167 Å². The minimum Gasteiger partial charge on any atom is -0.486 e. The Balaban J connectivity index is 1.49. The Morgan fingerprint density at radius 1 is 0.964 bits per heavy atom. The summed E-state index contributed by atoms with van der Waals surface area (Å²) in [6.07, 6.45) is 1.58. The van der Waals surface area contributed by atoms with E-state index in [1.165, 1.54) is 0 Å². The number of benzene rings is 2. The highest BCUT2D eigenvalue weighted by Gasteiger charge is 2.14. The van der Waals surface area contributed by atoms with Crippen LogP contribution in [0, 0.1) is 6.92 Å². The SMILES string of the molecule is Cc1ccc(Nc2ccnc(C(=O)Nc3ccc4c(c3)OCCO4)c2)cc1Cl. The van der Waals surface area contributed by atoms with Crippen molar-refractivity contribution in [2.45, 2.75) is 6.92 Å². The summed E-state index contributed by atoms with van der Waals surface area (Å²) in [6, 6.07) is 14.4. The predicted octanol–water partition coefficient (Wildman–Crippen LogP) is 4.81. The third kappa shape index (κ3) is 4.02. The van der Waals surface area contributed by atoms with E-state index in [0.717, 1.165) is 16.9 Å². The monoisotopic (exact) mass is 395 g/mol. The topological polar surface area (TPSA) is 72.5 Å². The normalized spacial score (nSPS) is 12.4. The average Bonchev–Trinajstić information content (AvgIpc) is 2.71. The molecule has 0 spiro atoms. The minimum absolute atomic E-state index is 0.290. The van der Waals surface area contributed by atoms with Gasteiger partial charge in [0, 0.05) is 34.3 Å². The number of aromatic nitrogens is 1. The summed E-state index contributed by atoms with van der Waals surface area (Å²) < 4.78 is 11.0. The van der Waals surface area contributed by atoms with Crippen LogP contribution in [0.3, 0.4) is 0 Å². The molecule has 2 heterocycles. The van der Waals surface area contributed by atoms with Gasteiger partial charge in [-0.15, -0.1) is 0 Å². The Kier molecular flexibility index (Phi) is 5.04. The molecule has 0 atom stereocenters. The average molecular weight is 396 g/mol. The van der Waals surface area contributed by atoms with E-state index in [4.69, 9.17) is 21.1 Å². The number of nitrogens with zero attached hydrogens (tertiary/aromatic N) is 1. The van der Waals surface area contributed by atoms with Gasteiger partial charge in [0.15, 0.2) is 11.5 Å². The fraction of sp³-hybridized carbons (Fsp3) is 0.143. The summed E-state index contributed by atoms with van der Waals surface area (Å²) in [6.45, 7) is 2.95. The lowest BCUT2D eigenvalue weighted by atomic mass is 10.2. The van der Waals surface area contributed by atoms with Crippen molar-refractivity contribution in [1.29, 1.82) is 0 Å². The third-order valence-corrected chi connectivity index (χ3v) is 4.66. The fourth-order valence-corrected chi connectivity index (χ4v) is 2.97. The lowest BCUT2D eigenvalue weighted by molar-refractivity contribution is 0.102. The molecular weight excluding hydrogens is 378 g/mol. The number of carbonyl (C=O) groups excluding carboxylic acids is 1. The Morgan fingerprint density at radius 3 is 2.54 bits per heavy atom. The molecule has 0 fully saturated rings. The fourth-order valence-electron chi connectivity index (χ4n) is 2.79. The van der Waals surface area contributed by atoms with Gasteiger partial charge >= 0.3 is 0 Å². The molecule has 0 saturated heterocycles. The molecule has 2 aromatic carbocycles. The van der Waals surface area contributed by atoms with Crippen molar-refractivity contribution in [3.63, 3.8) is 0 Å². The first-order chi connectivity index (χ1) is 13.6. The molecule has 1 aliphatic rings. The Hall–Kier alpha value is -3.25. The van der Waals surface area contributed by atoms with Gasteiger partial charge in [-0.05, 0) is 48.9 Å². The maximum Gasteiger partial charge on any atom is 0.274 e. The standard InChI is InChI=1S/C21H18ClN3O3/c1-13-2-3-14(10-17(13)22)24-16-6-7-23-18(11-16)21(26)25-15-4-5-19-20(12-15)28-9-8-27-19/h2-7,10-12H,8-9H2,1H3,(H,23,24)(H,25,26). The van der Waals surface area contributed by atoms with Crippen molar-refractivity contribution in [1.82, 2.24) is 4.98 Å². The van der Waals surface area contributed by atoms with Crippen molar-refractivity contribution >= 4 is 34.6 Å². The summed E-state index contributed by atoms with van der Waals surface area (Å²) in [5.74, 6) is 0.969. The quantitative estimate of drug-likeness (QED) is 0.663. The summed E-state index contributed by atoms with van der Waals surface area (Å²) in [4.78, 5) is 16.8. The molecule has 1 amide bonds. The molecule has 1 aliphatic heterocycles. The maximum atomic E-state index is 12.6. The lowest BCUT2D eigenvalue weighted by Gasteiger charge is -2.19. The van der Waals surface area contributed by atoms with Crippen molar-refractivity contribution in [2.24, 2.45) is 0 Å². The molecule has 0 saturated carbocycles. The van der Waals surface area contributed by atoms with Gasteiger partial charge in [0.05, 0.1) is 0 Å². The molecule has 1 aromatic heterocycles. The Morgan fingerprint density at radius 2 is 1.71 bits per heavy atom. The van der Waals surface area contributed by atoms with Gasteiger partial charge in [0.25, 0.3) is 5.91 Å². The maximum absolute atomic E-state index is 12.6. The summed E-state index contributed by atoms with van der Waals surface area (Å²) >= 11 is 6.17. The van der Waals surface area contributed by atoms with Crippen LogP contribution in [-0.2, 0) is 0 Å². The number of anilines is 3. The number of ether oxygens (including phenoxy) is 2. The summed E-state index contributed by atoms with van der Waals surface area (Å²) in [5, 5.41) is 6.74. The van der Waals surface area contributed by atoms with E-state index in [-0.39, 0.29) is 11.6 Å². The van der Waals surface area contributed by atoms with Crippen molar-refractivity contribution < 1.29 is 14.3 Å². The Bertz CT molecular complexity index is 1040. The lowest BCUT2D eigenvalue weighted by Crippen LogP contribution is -2.17. The molecule has 0 bridgehead atoms. The van der Waals surface area contributed by atoms with Crippen LogP contribution in [0.4, 0.5) is 17.1 Å². The van der Waals surface area contributed by atoms with Crippen LogP contribution in [0.15, 0.2) is 54.7 Å². The van der Waals surface area contributed by atoms with Crippen molar-refractivity contribution in [2.75, 3.05) is 23.8 Å². The zero-order valence-corrected chi connectivity index (χ0v) is 15.9. The van der Waals surface area contributed by atoms with E-state index >= 15 is 0 Å². The van der Waals surface area contributed by atoms with Crippen LogP contribution in [0.2, 0.25) is 5.02 Å². The number of carbonyl (C=O) groups is 1. The highest BCUT2D eigenvalue weighted by Crippen LogP contribution is 2.32. The minimum atomic E-state index is -0.317. The number of aryl methyl sites for hydroxylation is 1. The first kappa shape index (κ1) is 18.1. The molecule has 28 heavy (non-hydrogen) atoms. The first-order valence-electron chi connectivity index (χ1n) is 8.79. The highest BCUT2D eigenvalue weighted by molar-refractivity contribution is 6.31. The van der Waals surface area contributed by atoms with Crippen LogP contribution < -0.4 is 20.1 Å². The number of pyridine rings is 1. The molecule has 0 radical (unpaired) electrons. The van der Waals surface area contributed by atoms with Crippen molar-refractivity contribution in [3.8, 4) is 11.5 Å². The zero-order valence-electron chi connectivity index (χ0n) is 15.2. The first-order valence-corrected chi connectivity index (χ1v) is 9.16. The molecule has 2 N–H and O–H groups in total. The van der Waals surface area contributed by atoms with Crippen LogP contribution in [0.1, 0.15) is 16.1 Å². The molecular formula is C21H18ClN3O3. The number of halogens is 1. The van der Waals surface area contributed by atoms with Crippen LogP contribution in [0.5, 0.6) is 11.5 Å². The second kappa shape index (κ2) is 7.78. The highest BCUT2D eigenvalue weighted by atomic mass is 35.5. The van der Waals surface area contributed by atoms with Crippen molar-refractivity contribution in [3.05, 3.63) is 71.0 Å². The summed E-state index contributed by atoms with van der Waals surface area (Å²) in [5.41, 5.74) is 3.47. The van der Waals surface area contributed by atoms with Gasteiger partial charge < -0.3 is 20.1 Å². The smallest absolute Gasteiger partial charge is 0.274 e. The predicted molar refractivity (Wildman–Crippen MR) is 109 cm³/mol. The molecule has 7 heteroatoms. The van der Waals surface area contributed by atoms with E-state index in [1.807, 2.05) is 25.1 Å². The van der Waals surface area contributed by atoms with E-state index in [0.29, 0.717) is 35.4 Å². The van der Waals surface area contributed by atoms with Gasteiger partial charge in [-0.1, -0.05) is 17.7 Å². The van der Waals surface area contributed by atoms with E-state index in [9.17, 15) is 4.79 Å². The van der Waals surface area contributed by atoms with Gasteiger partial charge in [-0.3, -0.25) is 9.78 Å². The van der Waals surface area contributed by atoms with Crippen LogP contribution >= 0.6 is 11.6 Å². The van der Waals surface area contributed by atoms with Crippen LogP contribution in [-0.4, -0.2) is 24.1 Å². The second-order valence-electron chi connectivity index (χ2n) is 6.33. The summed E-state index contributed by atoms with van der Waals surface area (Å²) in [7, 11) is 0. The number of nitrogens with one attached hydrogen (secondary N) is 2. The van der Waals surface area contributed by atoms with Gasteiger partial charge in [0.1, 0.15) is 18.9 Å². The largest absolute Gasteiger partial charge is 0.486 e. The molecule has 142 valence electrons. The third-order valence-electron chi connectivity index (χ3n) is 4.25. The molecule has 3 aromatic rings. The van der Waals surface area contributed by atoms with E-state index < -0.39 is 0 Å².